The second-order valence-electron chi connectivity index (χ2n) is 4.31. The van der Waals surface area contributed by atoms with Crippen LogP contribution in [0.2, 0.25) is 12.6 Å². The van der Waals surface area contributed by atoms with Gasteiger partial charge in [-0.1, -0.05) is 19.2 Å². The zero-order chi connectivity index (χ0) is 14.0. The average Bonchev–Trinajstić information content (AvgIpc) is 2.33. The molecule has 18 heavy (non-hydrogen) atoms. The molecule has 0 aliphatic carbocycles. The van der Waals surface area contributed by atoms with Crippen LogP contribution in [0, 0.1) is 0 Å². The molecule has 0 fully saturated rings. The molecule has 0 aromatic carbocycles. The summed E-state index contributed by atoms with van der Waals surface area (Å²) in [6.45, 7) is 13.2. The van der Waals surface area contributed by atoms with Crippen molar-refractivity contribution < 1.29 is 19.0 Å². The molecule has 0 saturated heterocycles. The number of esters is 1. The Morgan fingerprint density at radius 1 is 1.28 bits per heavy atom. The number of ether oxygens (including phenoxy) is 3. The van der Waals surface area contributed by atoms with Gasteiger partial charge in [0.25, 0.3) is 0 Å². The van der Waals surface area contributed by atoms with Crippen LogP contribution in [-0.2, 0) is 19.0 Å². The van der Waals surface area contributed by atoms with Crippen LogP contribution in [-0.4, -0.2) is 40.5 Å². The Balaban J connectivity index is 3.82. The number of hydrogen-bond donors (Lipinski definition) is 0. The first kappa shape index (κ1) is 17.3. The van der Waals surface area contributed by atoms with Crippen molar-refractivity contribution in [2.24, 2.45) is 0 Å². The summed E-state index contributed by atoms with van der Waals surface area (Å²) in [6.07, 6.45) is 0.864. The molecule has 0 aromatic heterocycles. The van der Waals surface area contributed by atoms with E-state index in [1.807, 2.05) is 13.8 Å². The molecule has 0 bridgehead atoms. The molecular weight excluding hydrogens is 248 g/mol. The van der Waals surface area contributed by atoms with Crippen LogP contribution < -0.4 is 0 Å². The zero-order valence-corrected chi connectivity index (χ0v) is 13.2. The van der Waals surface area contributed by atoms with Crippen molar-refractivity contribution in [2.75, 3.05) is 19.8 Å². The summed E-state index contributed by atoms with van der Waals surface area (Å²) < 4.78 is 16.2. The highest BCUT2D eigenvalue weighted by molar-refractivity contribution is 6.58. The van der Waals surface area contributed by atoms with E-state index >= 15 is 0 Å². The van der Waals surface area contributed by atoms with Crippen LogP contribution in [0.1, 0.15) is 27.2 Å². The quantitative estimate of drug-likeness (QED) is 0.202. The second-order valence-corrected chi connectivity index (χ2v) is 7.39. The third-order valence-electron chi connectivity index (χ3n) is 2.51. The maximum absolute atomic E-state index is 11.2. The first-order valence-corrected chi connectivity index (χ1v) is 9.22. The van der Waals surface area contributed by atoms with E-state index < -0.39 is 8.80 Å². The highest BCUT2D eigenvalue weighted by Gasteiger charge is 2.19. The van der Waals surface area contributed by atoms with E-state index in [-0.39, 0.29) is 11.9 Å². The van der Waals surface area contributed by atoms with Crippen molar-refractivity contribution in [3.63, 3.8) is 0 Å². The van der Waals surface area contributed by atoms with Gasteiger partial charge in [0.1, 0.15) is 14.7 Å². The van der Waals surface area contributed by atoms with Gasteiger partial charge in [-0.05, 0) is 27.2 Å². The second kappa shape index (κ2) is 10.3. The van der Waals surface area contributed by atoms with Gasteiger partial charge in [0.2, 0.25) is 0 Å². The standard InChI is InChI=1S/C13H26O4Si/c1-6-15-13(16-7-2)18(5)10-8-9-17-12(14)11(3)4/h13,18H,3,6-10H2,1-2,4-5H3. The van der Waals surface area contributed by atoms with Crippen molar-refractivity contribution in [1.82, 2.24) is 0 Å². The molecule has 0 rings (SSSR count). The largest absolute Gasteiger partial charge is 0.462 e. The predicted molar refractivity (Wildman–Crippen MR) is 75.3 cm³/mol. The van der Waals surface area contributed by atoms with Crippen molar-refractivity contribution in [3.05, 3.63) is 12.2 Å². The van der Waals surface area contributed by atoms with E-state index in [9.17, 15) is 4.79 Å². The molecule has 1 atom stereocenters. The minimum atomic E-state index is -1.10. The summed E-state index contributed by atoms with van der Waals surface area (Å²) >= 11 is 0. The Bertz CT molecular complexity index is 249. The summed E-state index contributed by atoms with van der Waals surface area (Å²) in [5.41, 5.74) is 0.446. The lowest BCUT2D eigenvalue weighted by molar-refractivity contribution is -0.138. The highest BCUT2D eigenvalue weighted by atomic mass is 28.3. The monoisotopic (exact) mass is 274 g/mol. The maximum atomic E-state index is 11.2. The fourth-order valence-corrected chi connectivity index (χ4v) is 3.66. The first-order valence-electron chi connectivity index (χ1n) is 6.58. The molecule has 0 aliphatic rings. The Kier molecular flexibility index (Phi) is 9.91. The van der Waals surface area contributed by atoms with Crippen LogP contribution in [0.15, 0.2) is 12.2 Å². The van der Waals surface area contributed by atoms with E-state index in [4.69, 9.17) is 14.2 Å². The fraction of sp³-hybridized carbons (Fsp3) is 0.769. The van der Waals surface area contributed by atoms with Gasteiger partial charge in [-0.25, -0.2) is 4.79 Å². The van der Waals surface area contributed by atoms with Crippen LogP contribution in [0.4, 0.5) is 0 Å². The van der Waals surface area contributed by atoms with Gasteiger partial charge in [-0.2, -0.15) is 0 Å². The van der Waals surface area contributed by atoms with Gasteiger partial charge in [0.15, 0.2) is 0 Å². The molecule has 0 heterocycles. The smallest absolute Gasteiger partial charge is 0.333 e. The first-order chi connectivity index (χ1) is 8.52. The van der Waals surface area contributed by atoms with Crippen molar-refractivity contribution >= 4 is 14.8 Å². The van der Waals surface area contributed by atoms with Crippen LogP contribution >= 0.6 is 0 Å². The molecule has 1 unspecified atom stereocenters. The minimum absolute atomic E-state index is 0.0307. The van der Waals surface area contributed by atoms with Gasteiger partial charge in [0, 0.05) is 18.8 Å². The predicted octanol–water partition coefficient (Wildman–Crippen LogP) is 2.29. The molecule has 0 spiro atoms. The number of carbonyl (C=O) groups is 1. The van der Waals surface area contributed by atoms with E-state index in [1.165, 1.54) is 0 Å². The topological polar surface area (TPSA) is 44.8 Å². The summed E-state index contributed by atoms with van der Waals surface area (Å²) in [5, 5.41) is 0. The van der Waals surface area contributed by atoms with Gasteiger partial charge < -0.3 is 14.2 Å². The number of rotatable bonds is 10. The van der Waals surface area contributed by atoms with Crippen LogP contribution in [0.3, 0.4) is 0 Å². The Morgan fingerprint density at radius 3 is 2.28 bits per heavy atom. The summed E-state index contributed by atoms with van der Waals surface area (Å²) in [4.78, 5) is 11.2. The molecule has 106 valence electrons. The van der Waals surface area contributed by atoms with E-state index in [2.05, 4.69) is 13.1 Å². The third kappa shape index (κ3) is 7.63. The molecular formula is C13H26O4Si. The van der Waals surface area contributed by atoms with Gasteiger partial charge in [0.05, 0.1) is 6.61 Å². The molecule has 0 aliphatic heterocycles. The van der Waals surface area contributed by atoms with E-state index in [1.54, 1.807) is 6.92 Å². The summed E-state index contributed by atoms with van der Waals surface area (Å²) in [5.74, 6) is -0.340. The summed E-state index contributed by atoms with van der Waals surface area (Å²) in [6, 6.07) is 1.04. The van der Waals surface area contributed by atoms with Crippen molar-refractivity contribution in [3.8, 4) is 0 Å². The molecule has 0 N–H and O–H groups in total. The van der Waals surface area contributed by atoms with Gasteiger partial charge in [-0.15, -0.1) is 0 Å². The minimum Gasteiger partial charge on any atom is -0.462 e. The molecule has 4 nitrogen and oxygen atoms in total. The fourth-order valence-electron chi connectivity index (χ4n) is 1.53. The van der Waals surface area contributed by atoms with Gasteiger partial charge in [-0.3, -0.25) is 0 Å². The Morgan fingerprint density at radius 2 is 1.83 bits per heavy atom. The lowest BCUT2D eigenvalue weighted by Crippen LogP contribution is -2.33. The third-order valence-corrected chi connectivity index (χ3v) is 5.14. The SMILES string of the molecule is C=C(C)C(=O)OCCC[SiH](C)C(OCC)OCC. The molecule has 0 amide bonds. The highest BCUT2D eigenvalue weighted by Crippen LogP contribution is 2.08. The van der Waals surface area contributed by atoms with E-state index in [0.29, 0.717) is 25.4 Å². The normalized spacial score (nSPS) is 12.5. The zero-order valence-electron chi connectivity index (χ0n) is 12.0. The number of carbonyl (C=O) groups excluding carboxylic acids is 1. The lowest BCUT2D eigenvalue weighted by Gasteiger charge is -2.22. The molecule has 0 radical (unpaired) electrons. The molecule has 5 heteroatoms. The van der Waals surface area contributed by atoms with E-state index in [0.717, 1.165) is 12.5 Å². The van der Waals surface area contributed by atoms with Crippen LogP contribution in [0.25, 0.3) is 0 Å². The van der Waals surface area contributed by atoms with Crippen LogP contribution in [0.5, 0.6) is 0 Å². The number of hydrogen-bond acceptors (Lipinski definition) is 4. The van der Waals surface area contributed by atoms with Gasteiger partial charge >= 0.3 is 5.97 Å². The molecule has 0 saturated carbocycles. The van der Waals surface area contributed by atoms with Crippen molar-refractivity contribution in [1.29, 1.82) is 0 Å². The Labute approximate surface area is 112 Å². The van der Waals surface area contributed by atoms with Crippen molar-refractivity contribution in [2.45, 2.75) is 45.7 Å². The summed E-state index contributed by atoms with van der Waals surface area (Å²) in [7, 11) is -1.10. The maximum Gasteiger partial charge on any atom is 0.333 e. The average molecular weight is 274 g/mol. The molecule has 0 aromatic rings. The Hall–Kier alpha value is -0.653. The lowest BCUT2D eigenvalue weighted by atomic mass is 10.4.